The molecule has 2 aliphatic rings. The van der Waals surface area contributed by atoms with Gasteiger partial charge in [-0.2, -0.15) is 12.6 Å². The van der Waals surface area contributed by atoms with Gasteiger partial charge in [0.2, 0.25) is 0 Å². The second-order valence-corrected chi connectivity index (χ2v) is 5.90. The SMILES string of the molecule is CC(CS)CN1CCC[C@H]2CCCC[C@H]21. The zero-order chi connectivity index (χ0) is 10.7. The maximum Gasteiger partial charge on any atom is 0.0124 e. The molecule has 3 atom stereocenters. The Labute approximate surface area is 100 Å². The summed E-state index contributed by atoms with van der Waals surface area (Å²) in [6.07, 6.45) is 8.83. The van der Waals surface area contributed by atoms with E-state index in [9.17, 15) is 0 Å². The van der Waals surface area contributed by atoms with Gasteiger partial charge in [0.05, 0.1) is 0 Å². The highest BCUT2D eigenvalue weighted by Gasteiger charge is 2.33. The number of piperidine rings is 1. The van der Waals surface area contributed by atoms with Crippen molar-refractivity contribution in [3.63, 3.8) is 0 Å². The van der Waals surface area contributed by atoms with Crippen LogP contribution in [0.2, 0.25) is 0 Å². The third-order valence-electron chi connectivity index (χ3n) is 4.22. The Hall–Kier alpha value is 0.310. The standard InChI is InChI=1S/C13H25NS/c1-11(10-15)9-14-8-4-6-12-5-2-3-7-13(12)14/h11-13,15H,2-10H2,1H3/t11?,12-,13-/m1/s1. The van der Waals surface area contributed by atoms with E-state index in [-0.39, 0.29) is 0 Å². The highest BCUT2D eigenvalue weighted by Crippen LogP contribution is 2.35. The molecule has 88 valence electrons. The van der Waals surface area contributed by atoms with Crippen molar-refractivity contribution in [2.24, 2.45) is 11.8 Å². The van der Waals surface area contributed by atoms with Crippen molar-refractivity contribution in [3.8, 4) is 0 Å². The van der Waals surface area contributed by atoms with Gasteiger partial charge in [0.25, 0.3) is 0 Å². The van der Waals surface area contributed by atoms with Crippen LogP contribution in [0.3, 0.4) is 0 Å². The van der Waals surface area contributed by atoms with Crippen molar-refractivity contribution in [2.75, 3.05) is 18.8 Å². The second kappa shape index (κ2) is 5.58. The quantitative estimate of drug-likeness (QED) is 0.725. The van der Waals surface area contributed by atoms with E-state index in [0.717, 1.165) is 23.6 Å². The van der Waals surface area contributed by atoms with Gasteiger partial charge in [-0.15, -0.1) is 0 Å². The van der Waals surface area contributed by atoms with Crippen molar-refractivity contribution in [3.05, 3.63) is 0 Å². The molecule has 0 amide bonds. The van der Waals surface area contributed by atoms with Crippen LogP contribution in [0.25, 0.3) is 0 Å². The predicted molar refractivity (Wildman–Crippen MR) is 69.6 cm³/mol. The third-order valence-corrected chi connectivity index (χ3v) is 4.84. The Morgan fingerprint density at radius 1 is 1.20 bits per heavy atom. The molecule has 1 saturated heterocycles. The van der Waals surface area contributed by atoms with Crippen LogP contribution in [-0.2, 0) is 0 Å². The van der Waals surface area contributed by atoms with Gasteiger partial charge in [-0.3, -0.25) is 4.90 Å². The van der Waals surface area contributed by atoms with Gasteiger partial charge in [-0.1, -0.05) is 19.8 Å². The second-order valence-electron chi connectivity index (χ2n) is 5.54. The number of rotatable bonds is 3. The molecular formula is C13H25NS. The number of thiol groups is 1. The molecule has 0 aromatic carbocycles. The largest absolute Gasteiger partial charge is 0.300 e. The molecule has 1 saturated carbocycles. The van der Waals surface area contributed by atoms with Gasteiger partial charge < -0.3 is 0 Å². The summed E-state index contributed by atoms with van der Waals surface area (Å²) in [6, 6.07) is 0.926. The van der Waals surface area contributed by atoms with Crippen LogP contribution < -0.4 is 0 Å². The summed E-state index contributed by atoms with van der Waals surface area (Å²) in [5.74, 6) is 2.82. The average Bonchev–Trinajstić information content (AvgIpc) is 2.29. The van der Waals surface area contributed by atoms with E-state index >= 15 is 0 Å². The lowest BCUT2D eigenvalue weighted by Gasteiger charge is -2.45. The number of likely N-dealkylation sites (tertiary alicyclic amines) is 1. The molecule has 0 N–H and O–H groups in total. The molecule has 1 nitrogen and oxygen atoms in total. The summed E-state index contributed by atoms with van der Waals surface area (Å²) in [7, 11) is 0. The van der Waals surface area contributed by atoms with Crippen LogP contribution in [0.5, 0.6) is 0 Å². The first kappa shape index (κ1) is 11.8. The minimum Gasteiger partial charge on any atom is -0.300 e. The fourth-order valence-electron chi connectivity index (χ4n) is 3.41. The monoisotopic (exact) mass is 227 g/mol. The summed E-state index contributed by atoms with van der Waals surface area (Å²) >= 11 is 4.41. The Balaban J connectivity index is 1.91. The minimum atomic E-state index is 0.758. The molecule has 0 spiro atoms. The first-order valence-electron chi connectivity index (χ1n) is 6.66. The summed E-state index contributed by atoms with van der Waals surface area (Å²) in [6.45, 7) is 4.96. The van der Waals surface area contributed by atoms with E-state index < -0.39 is 0 Å². The smallest absolute Gasteiger partial charge is 0.0124 e. The van der Waals surface area contributed by atoms with Gasteiger partial charge in [0, 0.05) is 12.6 Å². The first-order chi connectivity index (χ1) is 7.31. The number of nitrogens with zero attached hydrogens (tertiary/aromatic N) is 1. The lowest BCUT2D eigenvalue weighted by atomic mass is 9.78. The molecule has 2 rings (SSSR count). The Morgan fingerprint density at radius 3 is 2.73 bits per heavy atom. The van der Waals surface area contributed by atoms with Gasteiger partial charge in [0.1, 0.15) is 0 Å². The molecule has 0 aromatic heterocycles. The molecule has 2 fully saturated rings. The molecule has 0 bridgehead atoms. The molecule has 1 aliphatic carbocycles. The Kier molecular flexibility index (Phi) is 4.39. The van der Waals surface area contributed by atoms with E-state index in [2.05, 4.69) is 24.5 Å². The van der Waals surface area contributed by atoms with Crippen LogP contribution in [0, 0.1) is 11.8 Å². The number of hydrogen-bond donors (Lipinski definition) is 1. The molecule has 0 aromatic rings. The highest BCUT2D eigenvalue weighted by molar-refractivity contribution is 7.80. The van der Waals surface area contributed by atoms with Crippen molar-refractivity contribution in [2.45, 2.75) is 51.5 Å². The van der Waals surface area contributed by atoms with Gasteiger partial charge in [0.15, 0.2) is 0 Å². The molecule has 2 heteroatoms. The number of fused-ring (bicyclic) bond motifs is 1. The van der Waals surface area contributed by atoms with E-state index in [1.54, 1.807) is 0 Å². The fourth-order valence-corrected chi connectivity index (χ4v) is 3.53. The van der Waals surface area contributed by atoms with Crippen molar-refractivity contribution in [1.29, 1.82) is 0 Å². The highest BCUT2D eigenvalue weighted by atomic mass is 32.1. The first-order valence-corrected chi connectivity index (χ1v) is 7.29. The molecule has 1 heterocycles. The fraction of sp³-hybridized carbons (Fsp3) is 1.00. The summed E-state index contributed by atoms with van der Waals surface area (Å²) < 4.78 is 0. The normalized spacial score (nSPS) is 34.8. The van der Waals surface area contributed by atoms with Crippen LogP contribution in [0.1, 0.15) is 45.4 Å². The topological polar surface area (TPSA) is 3.24 Å². The van der Waals surface area contributed by atoms with Crippen LogP contribution in [-0.4, -0.2) is 29.8 Å². The van der Waals surface area contributed by atoms with Gasteiger partial charge >= 0.3 is 0 Å². The van der Waals surface area contributed by atoms with Gasteiger partial charge in [-0.05, 0) is 49.8 Å². The van der Waals surface area contributed by atoms with E-state index in [1.165, 1.54) is 51.6 Å². The van der Waals surface area contributed by atoms with Crippen molar-refractivity contribution >= 4 is 12.6 Å². The van der Waals surface area contributed by atoms with E-state index in [1.807, 2.05) is 0 Å². The van der Waals surface area contributed by atoms with Gasteiger partial charge in [-0.25, -0.2) is 0 Å². The average molecular weight is 227 g/mol. The maximum atomic E-state index is 4.41. The minimum absolute atomic E-state index is 0.758. The summed E-state index contributed by atoms with van der Waals surface area (Å²) in [4.78, 5) is 2.77. The predicted octanol–water partition coefficient (Wildman–Crippen LogP) is 3.21. The number of hydrogen-bond acceptors (Lipinski definition) is 2. The van der Waals surface area contributed by atoms with Crippen molar-refractivity contribution in [1.82, 2.24) is 4.90 Å². The molecule has 15 heavy (non-hydrogen) atoms. The lowest BCUT2D eigenvalue weighted by molar-refractivity contribution is 0.0524. The Morgan fingerprint density at radius 2 is 1.93 bits per heavy atom. The maximum absolute atomic E-state index is 4.41. The lowest BCUT2D eigenvalue weighted by Crippen LogP contribution is -2.48. The third kappa shape index (κ3) is 2.91. The van der Waals surface area contributed by atoms with Crippen molar-refractivity contribution < 1.29 is 0 Å². The van der Waals surface area contributed by atoms with Crippen LogP contribution >= 0.6 is 12.6 Å². The summed E-state index contributed by atoms with van der Waals surface area (Å²) in [5, 5.41) is 0. The van der Waals surface area contributed by atoms with Crippen LogP contribution in [0.15, 0.2) is 0 Å². The molecule has 1 aliphatic heterocycles. The molecule has 0 radical (unpaired) electrons. The summed E-state index contributed by atoms with van der Waals surface area (Å²) in [5.41, 5.74) is 0. The Bertz CT molecular complexity index is 193. The molecular weight excluding hydrogens is 202 g/mol. The van der Waals surface area contributed by atoms with E-state index in [0.29, 0.717) is 0 Å². The van der Waals surface area contributed by atoms with Crippen LogP contribution in [0.4, 0.5) is 0 Å². The zero-order valence-corrected chi connectivity index (χ0v) is 10.9. The van der Waals surface area contributed by atoms with E-state index in [4.69, 9.17) is 0 Å². The molecule has 1 unspecified atom stereocenters. The zero-order valence-electron chi connectivity index (χ0n) is 9.99.